The van der Waals surface area contributed by atoms with E-state index in [1.807, 2.05) is 0 Å². The summed E-state index contributed by atoms with van der Waals surface area (Å²) in [6.07, 6.45) is -0.502. The van der Waals surface area contributed by atoms with Gasteiger partial charge in [0.1, 0.15) is 17.2 Å². The molecule has 0 aromatic heterocycles. The molecule has 0 radical (unpaired) electrons. The Hall–Kier alpha value is -1.38. The molecule has 1 amide bonds. The second-order valence-electron chi connectivity index (χ2n) is 6.25. The molecule has 0 rings (SSSR count). The third kappa shape index (κ3) is 10.4. The number of esters is 2. The van der Waals surface area contributed by atoms with Crippen molar-refractivity contribution in [3.8, 4) is 0 Å². The summed E-state index contributed by atoms with van der Waals surface area (Å²) in [5, 5.41) is 2.45. The number of rotatable bonds is 5. The molecule has 0 aliphatic carbocycles. The predicted molar refractivity (Wildman–Crippen MR) is 83.4 cm³/mol. The Labute approximate surface area is 136 Å². The summed E-state index contributed by atoms with van der Waals surface area (Å²) in [7, 11) is 0. The lowest BCUT2D eigenvalue weighted by Crippen LogP contribution is -2.46. The molecule has 0 heterocycles. The number of carbonyl (C=O) groups excluding carboxylic acids is 3. The van der Waals surface area contributed by atoms with Crippen LogP contribution in [-0.4, -0.2) is 41.8 Å². The number of hydrogen-bond acceptors (Lipinski definition) is 7. The summed E-state index contributed by atoms with van der Waals surface area (Å²) in [4.78, 5) is 34.3. The van der Waals surface area contributed by atoms with Gasteiger partial charge >= 0.3 is 18.0 Å². The van der Waals surface area contributed by atoms with Gasteiger partial charge in [-0.15, -0.1) is 12.4 Å². The third-order valence-corrected chi connectivity index (χ3v) is 2.15. The van der Waals surface area contributed by atoms with E-state index in [4.69, 9.17) is 16.2 Å². The number of alkyl carbamates (subject to hydrolysis) is 1. The Morgan fingerprint density at radius 3 is 2.05 bits per heavy atom. The number of hydrogen-bond donors (Lipinski definition) is 3. The van der Waals surface area contributed by atoms with Crippen LogP contribution in [0.4, 0.5) is 4.79 Å². The first-order chi connectivity index (χ1) is 9.33. The van der Waals surface area contributed by atoms with Crippen LogP contribution in [0.5, 0.6) is 0 Å². The minimum Gasteiger partial charge on any atom is -0.444 e. The van der Waals surface area contributed by atoms with Gasteiger partial charge < -0.3 is 26.3 Å². The molecule has 9 heteroatoms. The summed E-state index contributed by atoms with van der Waals surface area (Å²) in [5.74, 6) is -1.74. The number of carbonyl (C=O) groups is 3. The Bertz CT molecular complexity index is 401. The molecule has 0 aliphatic rings. The molecule has 1 atom stereocenters. The monoisotopic (exact) mass is 339 g/mol. The lowest BCUT2D eigenvalue weighted by Gasteiger charge is -2.20. The molecule has 0 aromatic rings. The zero-order valence-electron chi connectivity index (χ0n) is 13.6. The second-order valence-corrected chi connectivity index (χ2v) is 6.25. The largest absolute Gasteiger partial charge is 0.444 e. The first-order valence-corrected chi connectivity index (χ1v) is 6.60. The van der Waals surface area contributed by atoms with Crippen LogP contribution in [0.3, 0.4) is 0 Å². The van der Waals surface area contributed by atoms with Crippen molar-refractivity contribution in [1.29, 1.82) is 0 Å². The quantitative estimate of drug-likeness (QED) is 0.489. The highest BCUT2D eigenvalue weighted by molar-refractivity contribution is 5.92. The predicted octanol–water partition coefficient (Wildman–Crippen LogP) is 0.457. The molecular weight excluding hydrogens is 314 g/mol. The van der Waals surface area contributed by atoms with Gasteiger partial charge in [0.15, 0.2) is 0 Å². The number of ether oxygens (including phenoxy) is 2. The number of nitrogens with one attached hydrogen (secondary N) is 1. The minimum absolute atomic E-state index is 0. The van der Waals surface area contributed by atoms with E-state index >= 15 is 0 Å². The molecule has 0 saturated carbocycles. The second kappa shape index (κ2) is 8.92. The summed E-state index contributed by atoms with van der Waals surface area (Å²) in [6, 6.07) is -1.04. The van der Waals surface area contributed by atoms with Gasteiger partial charge in [-0.05, 0) is 41.0 Å². The van der Waals surface area contributed by atoms with Crippen LogP contribution in [0.15, 0.2) is 0 Å². The van der Waals surface area contributed by atoms with Crippen LogP contribution in [-0.2, 0) is 19.1 Å². The summed E-state index contributed by atoms with van der Waals surface area (Å²) >= 11 is 0. The first kappa shape index (κ1) is 22.9. The van der Waals surface area contributed by atoms with Gasteiger partial charge in [-0.2, -0.15) is 0 Å². The molecule has 0 fully saturated rings. The van der Waals surface area contributed by atoms with Gasteiger partial charge in [-0.1, -0.05) is 0 Å². The summed E-state index contributed by atoms with van der Waals surface area (Å²) in [5.41, 5.74) is 9.17. The number of amides is 1. The van der Waals surface area contributed by atoms with Gasteiger partial charge in [0.25, 0.3) is 0 Å². The molecule has 8 nitrogen and oxygen atoms in total. The van der Waals surface area contributed by atoms with Crippen molar-refractivity contribution in [3.63, 3.8) is 0 Å². The van der Waals surface area contributed by atoms with E-state index in [-0.39, 0.29) is 25.4 Å². The molecule has 0 aliphatic heterocycles. The van der Waals surface area contributed by atoms with E-state index in [0.29, 0.717) is 0 Å². The SMILES string of the molecule is CC(C)(C)OC(=O)NCC[C@H](N)C(=O)OC(=O)C(C)(C)N.Cl. The Kier molecular flexibility index (Phi) is 9.28. The standard InChI is InChI=1S/C13H25N3O5.ClH/c1-12(2,3)21-11(19)16-7-6-8(14)9(17)20-10(18)13(4,5)15;/h8H,6-7,14-15H2,1-5H3,(H,16,19);1H/t8-;/m0./s1. The molecule has 0 unspecified atom stereocenters. The fraction of sp³-hybridized carbons (Fsp3) is 0.769. The Morgan fingerprint density at radius 2 is 1.64 bits per heavy atom. The van der Waals surface area contributed by atoms with E-state index in [1.165, 1.54) is 13.8 Å². The van der Waals surface area contributed by atoms with Gasteiger partial charge in [0.05, 0.1) is 0 Å². The maximum atomic E-state index is 11.5. The van der Waals surface area contributed by atoms with Crippen molar-refractivity contribution >= 4 is 30.4 Å². The van der Waals surface area contributed by atoms with Crippen molar-refractivity contribution in [2.75, 3.05) is 6.54 Å². The van der Waals surface area contributed by atoms with Crippen LogP contribution in [0.25, 0.3) is 0 Å². The van der Waals surface area contributed by atoms with Gasteiger partial charge in [-0.3, -0.25) is 0 Å². The third-order valence-electron chi connectivity index (χ3n) is 2.15. The van der Waals surface area contributed by atoms with E-state index in [1.54, 1.807) is 20.8 Å². The zero-order chi connectivity index (χ0) is 16.8. The van der Waals surface area contributed by atoms with Crippen LogP contribution >= 0.6 is 12.4 Å². The molecule has 0 aromatic carbocycles. The van der Waals surface area contributed by atoms with E-state index < -0.39 is 35.2 Å². The van der Waals surface area contributed by atoms with Crippen molar-refractivity contribution < 1.29 is 23.9 Å². The lowest BCUT2D eigenvalue weighted by atomic mass is 10.1. The lowest BCUT2D eigenvalue weighted by molar-refractivity contribution is -0.163. The van der Waals surface area contributed by atoms with Crippen molar-refractivity contribution in [1.82, 2.24) is 5.32 Å². The molecule has 0 saturated heterocycles. The molecule has 5 N–H and O–H groups in total. The normalized spacial score (nSPS) is 12.7. The van der Waals surface area contributed by atoms with Crippen LogP contribution in [0.1, 0.15) is 41.0 Å². The van der Waals surface area contributed by atoms with Crippen LogP contribution < -0.4 is 16.8 Å². The van der Waals surface area contributed by atoms with Crippen molar-refractivity contribution in [2.45, 2.75) is 58.2 Å². The van der Waals surface area contributed by atoms with E-state index in [0.717, 1.165) is 0 Å². The number of nitrogens with two attached hydrogens (primary N) is 2. The van der Waals surface area contributed by atoms with Gasteiger partial charge in [0.2, 0.25) is 0 Å². The summed E-state index contributed by atoms with van der Waals surface area (Å²) < 4.78 is 9.55. The highest BCUT2D eigenvalue weighted by Gasteiger charge is 2.28. The van der Waals surface area contributed by atoms with E-state index in [9.17, 15) is 14.4 Å². The Morgan fingerprint density at radius 1 is 1.14 bits per heavy atom. The van der Waals surface area contributed by atoms with E-state index in [2.05, 4.69) is 10.1 Å². The minimum atomic E-state index is -1.27. The maximum Gasteiger partial charge on any atom is 0.407 e. The average molecular weight is 340 g/mol. The molecule has 130 valence electrons. The fourth-order valence-corrected chi connectivity index (χ4v) is 1.06. The summed E-state index contributed by atoms with van der Waals surface area (Å²) in [6.45, 7) is 8.14. The average Bonchev–Trinajstić information content (AvgIpc) is 2.24. The van der Waals surface area contributed by atoms with Gasteiger partial charge in [0, 0.05) is 6.54 Å². The molecule has 0 bridgehead atoms. The van der Waals surface area contributed by atoms with Crippen molar-refractivity contribution in [3.05, 3.63) is 0 Å². The molecular formula is C13H26ClN3O5. The Balaban J connectivity index is 0. The van der Waals surface area contributed by atoms with Gasteiger partial charge in [-0.25, -0.2) is 14.4 Å². The van der Waals surface area contributed by atoms with Crippen LogP contribution in [0, 0.1) is 0 Å². The maximum absolute atomic E-state index is 11.5. The molecule has 22 heavy (non-hydrogen) atoms. The first-order valence-electron chi connectivity index (χ1n) is 6.60. The van der Waals surface area contributed by atoms with Crippen LogP contribution in [0.2, 0.25) is 0 Å². The zero-order valence-corrected chi connectivity index (χ0v) is 14.4. The topological polar surface area (TPSA) is 134 Å². The fourth-order valence-electron chi connectivity index (χ4n) is 1.06. The smallest absolute Gasteiger partial charge is 0.407 e. The highest BCUT2D eigenvalue weighted by Crippen LogP contribution is 2.06. The number of halogens is 1. The highest BCUT2D eigenvalue weighted by atomic mass is 35.5. The van der Waals surface area contributed by atoms with Crippen molar-refractivity contribution in [2.24, 2.45) is 11.5 Å². The molecule has 0 spiro atoms.